The Hall–Kier alpha value is -2.70. The molecule has 0 radical (unpaired) electrons. The van der Waals surface area contributed by atoms with Gasteiger partial charge in [-0.1, -0.05) is 78.9 Å². The summed E-state index contributed by atoms with van der Waals surface area (Å²) in [7, 11) is -2.99. The van der Waals surface area contributed by atoms with E-state index in [0.717, 1.165) is 32.5 Å². The Kier molecular flexibility index (Phi) is 3.99. The molecule has 0 amide bonds. The molecule has 3 heteroatoms. The fraction of sp³-hybridized carbons (Fsp3) is 0.0455. The lowest BCUT2D eigenvalue weighted by Gasteiger charge is -2.22. The Morgan fingerprint density at radius 3 is 1.84 bits per heavy atom. The van der Waals surface area contributed by atoms with Crippen molar-refractivity contribution >= 4 is 34.0 Å². The first-order valence-corrected chi connectivity index (χ1v) is 9.98. The van der Waals surface area contributed by atoms with Crippen molar-refractivity contribution in [1.29, 1.82) is 0 Å². The Morgan fingerprint density at radius 2 is 1.24 bits per heavy atom. The molecule has 2 nitrogen and oxygen atoms in total. The molecule has 0 atom stereocenters. The molecule has 25 heavy (non-hydrogen) atoms. The zero-order valence-electron chi connectivity index (χ0n) is 14.0. The van der Waals surface area contributed by atoms with Crippen LogP contribution in [0, 0.1) is 6.92 Å². The van der Waals surface area contributed by atoms with Crippen LogP contribution in [0.1, 0.15) is 5.69 Å². The molecular weight excluding hydrogens is 325 g/mol. The molecule has 0 fully saturated rings. The van der Waals surface area contributed by atoms with Crippen molar-refractivity contribution in [2.45, 2.75) is 6.92 Å². The Bertz CT molecular complexity index is 1030. The fourth-order valence-electron chi connectivity index (χ4n) is 3.25. The molecule has 0 saturated carbocycles. The van der Waals surface area contributed by atoms with Crippen LogP contribution in [0.4, 0.5) is 0 Å². The van der Waals surface area contributed by atoms with Crippen molar-refractivity contribution < 1.29 is 4.57 Å². The van der Waals surface area contributed by atoms with Gasteiger partial charge in [-0.25, -0.2) is 0 Å². The van der Waals surface area contributed by atoms with E-state index in [9.17, 15) is 4.57 Å². The van der Waals surface area contributed by atoms with E-state index in [0.29, 0.717) is 0 Å². The molecule has 0 unspecified atom stereocenters. The summed E-state index contributed by atoms with van der Waals surface area (Å²) < 4.78 is 14.6. The number of fused-ring (bicyclic) bond motifs is 1. The van der Waals surface area contributed by atoms with Crippen molar-refractivity contribution in [3.63, 3.8) is 0 Å². The SMILES string of the molecule is Cc1cc(P(=O)(c2ccccc2)c2ccccc2)c2ccccc2n1. The summed E-state index contributed by atoms with van der Waals surface area (Å²) in [5.74, 6) is 0. The molecule has 3 aromatic carbocycles. The van der Waals surface area contributed by atoms with Gasteiger partial charge in [0.05, 0.1) is 5.52 Å². The number of hydrogen-bond acceptors (Lipinski definition) is 2. The van der Waals surface area contributed by atoms with Crippen LogP contribution < -0.4 is 15.9 Å². The molecule has 0 spiro atoms. The van der Waals surface area contributed by atoms with Gasteiger partial charge in [-0.2, -0.15) is 0 Å². The number of benzene rings is 3. The third-order valence-electron chi connectivity index (χ3n) is 4.40. The Balaban J connectivity index is 2.12. The van der Waals surface area contributed by atoms with Gasteiger partial charge in [-0.15, -0.1) is 0 Å². The lowest BCUT2D eigenvalue weighted by atomic mass is 10.2. The largest absolute Gasteiger partial charge is 0.309 e. The lowest BCUT2D eigenvalue weighted by Crippen LogP contribution is -2.26. The van der Waals surface area contributed by atoms with Crippen LogP contribution in [0.25, 0.3) is 10.9 Å². The van der Waals surface area contributed by atoms with Gasteiger partial charge < -0.3 is 4.57 Å². The number of pyridine rings is 1. The molecule has 0 N–H and O–H groups in total. The van der Waals surface area contributed by atoms with Crippen LogP contribution in [-0.2, 0) is 4.57 Å². The van der Waals surface area contributed by atoms with Crippen molar-refractivity contribution in [1.82, 2.24) is 4.98 Å². The summed E-state index contributed by atoms with van der Waals surface area (Å²) in [4.78, 5) is 4.62. The van der Waals surface area contributed by atoms with Crippen LogP contribution in [0.15, 0.2) is 91.0 Å². The quantitative estimate of drug-likeness (QED) is 0.522. The maximum Gasteiger partial charge on any atom is 0.171 e. The molecule has 0 saturated heterocycles. The highest BCUT2D eigenvalue weighted by Gasteiger charge is 2.31. The molecule has 0 aliphatic heterocycles. The number of aryl methyl sites for hydroxylation is 1. The molecule has 0 aliphatic carbocycles. The zero-order chi connectivity index (χ0) is 17.3. The molecule has 0 aliphatic rings. The van der Waals surface area contributed by atoms with Crippen LogP contribution in [0.3, 0.4) is 0 Å². The van der Waals surface area contributed by atoms with Gasteiger partial charge in [0.1, 0.15) is 0 Å². The number of nitrogens with zero attached hydrogens (tertiary/aromatic N) is 1. The topological polar surface area (TPSA) is 30.0 Å². The minimum absolute atomic E-state index is 0.844. The number of aromatic nitrogens is 1. The Morgan fingerprint density at radius 1 is 0.720 bits per heavy atom. The summed E-state index contributed by atoms with van der Waals surface area (Å²) in [6, 6.07) is 29.4. The van der Waals surface area contributed by atoms with E-state index in [1.807, 2.05) is 97.9 Å². The molecule has 4 aromatic rings. The molecule has 1 aromatic heterocycles. The van der Waals surface area contributed by atoms with Gasteiger partial charge in [0.15, 0.2) is 7.14 Å². The average molecular weight is 343 g/mol. The monoisotopic (exact) mass is 343 g/mol. The van der Waals surface area contributed by atoms with Crippen molar-refractivity contribution in [3.05, 3.63) is 96.7 Å². The average Bonchev–Trinajstić information content (AvgIpc) is 2.68. The first-order valence-electron chi connectivity index (χ1n) is 8.28. The van der Waals surface area contributed by atoms with Crippen molar-refractivity contribution in [2.75, 3.05) is 0 Å². The third kappa shape index (κ3) is 2.69. The van der Waals surface area contributed by atoms with Gasteiger partial charge >= 0.3 is 0 Å². The highest BCUT2D eigenvalue weighted by molar-refractivity contribution is 7.85. The first-order chi connectivity index (χ1) is 12.2. The maximum atomic E-state index is 14.6. The molecule has 4 rings (SSSR count). The normalized spacial score (nSPS) is 11.6. The summed E-state index contributed by atoms with van der Waals surface area (Å²) in [6.45, 7) is 1.95. The zero-order valence-corrected chi connectivity index (χ0v) is 14.9. The third-order valence-corrected chi connectivity index (χ3v) is 7.50. The van der Waals surface area contributed by atoms with E-state index in [1.54, 1.807) is 0 Å². The van der Waals surface area contributed by atoms with E-state index < -0.39 is 7.14 Å². The minimum Gasteiger partial charge on any atom is -0.309 e. The maximum absolute atomic E-state index is 14.6. The molecular formula is C22H18NOP. The van der Waals surface area contributed by atoms with Gasteiger partial charge in [0, 0.05) is 27.0 Å². The smallest absolute Gasteiger partial charge is 0.171 e. The Labute approximate surface area is 147 Å². The molecule has 1 heterocycles. The molecule has 0 bridgehead atoms. The van der Waals surface area contributed by atoms with E-state index in [1.165, 1.54) is 0 Å². The van der Waals surface area contributed by atoms with Crippen LogP contribution in [0.5, 0.6) is 0 Å². The number of para-hydroxylation sites is 1. The van der Waals surface area contributed by atoms with Gasteiger partial charge in [0.25, 0.3) is 0 Å². The van der Waals surface area contributed by atoms with Crippen molar-refractivity contribution in [2.24, 2.45) is 0 Å². The summed E-state index contributed by atoms with van der Waals surface area (Å²) >= 11 is 0. The fourth-order valence-corrected chi connectivity index (χ4v) is 6.18. The lowest BCUT2D eigenvalue weighted by molar-refractivity contribution is 0.592. The summed E-state index contributed by atoms with van der Waals surface area (Å²) in [6.07, 6.45) is 0. The van der Waals surface area contributed by atoms with E-state index in [-0.39, 0.29) is 0 Å². The van der Waals surface area contributed by atoms with Gasteiger partial charge in [0.2, 0.25) is 0 Å². The number of rotatable bonds is 3. The minimum atomic E-state index is -2.99. The van der Waals surface area contributed by atoms with E-state index >= 15 is 0 Å². The first kappa shape index (κ1) is 15.8. The van der Waals surface area contributed by atoms with E-state index in [2.05, 4.69) is 4.98 Å². The second kappa shape index (κ2) is 6.31. The highest BCUT2D eigenvalue weighted by Crippen LogP contribution is 2.44. The summed E-state index contributed by atoms with van der Waals surface area (Å²) in [5.41, 5.74) is 1.75. The predicted octanol–water partition coefficient (Wildman–Crippen LogP) is 4.18. The van der Waals surface area contributed by atoms with Crippen LogP contribution in [-0.4, -0.2) is 4.98 Å². The number of hydrogen-bond donors (Lipinski definition) is 0. The van der Waals surface area contributed by atoms with Crippen LogP contribution >= 0.6 is 7.14 Å². The van der Waals surface area contributed by atoms with Gasteiger partial charge in [-0.3, -0.25) is 4.98 Å². The van der Waals surface area contributed by atoms with E-state index in [4.69, 9.17) is 0 Å². The van der Waals surface area contributed by atoms with Crippen molar-refractivity contribution in [3.8, 4) is 0 Å². The standard InChI is InChI=1S/C22H18NOP/c1-17-16-22(20-14-8-9-15-21(20)23-17)25(24,18-10-4-2-5-11-18)19-12-6-3-7-13-19/h2-16H,1H3. The predicted molar refractivity (Wildman–Crippen MR) is 106 cm³/mol. The molecule has 122 valence electrons. The summed E-state index contributed by atoms with van der Waals surface area (Å²) in [5, 5.41) is 3.49. The highest BCUT2D eigenvalue weighted by atomic mass is 31.2. The second-order valence-corrected chi connectivity index (χ2v) is 8.81. The van der Waals surface area contributed by atoms with Crippen LogP contribution in [0.2, 0.25) is 0 Å². The second-order valence-electron chi connectivity index (χ2n) is 6.08. The van der Waals surface area contributed by atoms with Gasteiger partial charge in [-0.05, 0) is 19.1 Å².